The standard InChI is InChI=1S/C31H41ClN6O/c32-26-20-25(35-31-34-21-24-7-10-28(39)29(30(24)36-31)23-5-1-2-6-23)8-9-27(26)38-16-11-22(12-17-38)4-3-15-37-18-13-33-14-19-37/h7-10,20-23,33,39H,1-6,11-19H2,(H,34,35,36). The number of aromatic hydroxyl groups is 1. The summed E-state index contributed by atoms with van der Waals surface area (Å²) in [6.45, 7) is 8.02. The summed E-state index contributed by atoms with van der Waals surface area (Å²) in [6.07, 6.45) is 11.6. The minimum atomic E-state index is 0.342. The van der Waals surface area contributed by atoms with Gasteiger partial charge in [0.25, 0.3) is 0 Å². The molecule has 208 valence electrons. The normalized spacial score (nSPS) is 19.7. The largest absolute Gasteiger partial charge is 0.508 e. The van der Waals surface area contributed by atoms with Gasteiger partial charge in [-0.1, -0.05) is 24.4 Å². The number of hydrogen-bond acceptors (Lipinski definition) is 7. The second kappa shape index (κ2) is 12.3. The zero-order valence-electron chi connectivity index (χ0n) is 22.8. The maximum Gasteiger partial charge on any atom is 0.227 e. The van der Waals surface area contributed by atoms with Gasteiger partial charge in [-0.2, -0.15) is 0 Å². The Bertz CT molecular complexity index is 1270. The van der Waals surface area contributed by atoms with Gasteiger partial charge < -0.3 is 25.5 Å². The SMILES string of the molecule is Oc1ccc2cnc(Nc3ccc(N4CCC(CCCN5CCNCC5)CC4)c(Cl)c3)nc2c1C1CCCC1. The molecule has 0 bridgehead atoms. The van der Waals surface area contributed by atoms with Crippen molar-refractivity contribution in [1.29, 1.82) is 0 Å². The van der Waals surface area contributed by atoms with Gasteiger partial charge >= 0.3 is 0 Å². The number of fused-ring (bicyclic) bond motifs is 1. The van der Waals surface area contributed by atoms with Crippen LogP contribution < -0.4 is 15.5 Å². The van der Waals surface area contributed by atoms with E-state index in [9.17, 15) is 5.11 Å². The van der Waals surface area contributed by atoms with E-state index >= 15 is 0 Å². The molecule has 3 N–H and O–H groups in total. The van der Waals surface area contributed by atoms with Crippen molar-refractivity contribution in [2.24, 2.45) is 5.92 Å². The average molecular weight is 549 g/mol. The predicted octanol–water partition coefficient (Wildman–Crippen LogP) is 6.29. The summed E-state index contributed by atoms with van der Waals surface area (Å²) in [4.78, 5) is 14.4. The number of nitrogens with zero attached hydrogens (tertiary/aromatic N) is 4. The van der Waals surface area contributed by atoms with Crippen LogP contribution in [-0.4, -0.2) is 65.8 Å². The van der Waals surface area contributed by atoms with Crippen molar-refractivity contribution in [2.45, 2.75) is 57.3 Å². The molecule has 8 heteroatoms. The number of phenols is 1. The van der Waals surface area contributed by atoms with Gasteiger partial charge in [-0.05, 0) is 87.2 Å². The third-order valence-corrected chi connectivity index (χ3v) is 9.29. The Hall–Kier alpha value is -2.61. The molecule has 2 aliphatic heterocycles. The first-order valence-corrected chi connectivity index (χ1v) is 15.2. The molecule has 1 aromatic heterocycles. The molecule has 39 heavy (non-hydrogen) atoms. The quantitative estimate of drug-likeness (QED) is 0.305. The van der Waals surface area contributed by atoms with Crippen LogP contribution in [0.15, 0.2) is 36.5 Å². The number of aromatic nitrogens is 2. The number of nitrogens with one attached hydrogen (secondary N) is 2. The molecular weight excluding hydrogens is 508 g/mol. The fraction of sp³-hybridized carbons (Fsp3) is 0.548. The van der Waals surface area contributed by atoms with Gasteiger partial charge in [0, 0.05) is 62.1 Å². The summed E-state index contributed by atoms with van der Waals surface area (Å²) in [5.74, 6) is 2.05. The highest BCUT2D eigenvalue weighted by atomic mass is 35.5. The van der Waals surface area contributed by atoms with Crippen LogP contribution in [0.1, 0.15) is 62.8 Å². The topological polar surface area (TPSA) is 76.6 Å². The number of rotatable bonds is 8. The molecule has 3 aliphatic rings. The summed E-state index contributed by atoms with van der Waals surface area (Å²) in [6, 6.07) is 9.83. The van der Waals surface area contributed by atoms with Crippen LogP contribution in [0, 0.1) is 5.92 Å². The highest BCUT2D eigenvalue weighted by molar-refractivity contribution is 6.33. The van der Waals surface area contributed by atoms with E-state index in [0.717, 1.165) is 77.8 Å². The summed E-state index contributed by atoms with van der Waals surface area (Å²) in [7, 11) is 0. The van der Waals surface area contributed by atoms with Crippen molar-refractivity contribution in [3.8, 4) is 5.75 Å². The maximum atomic E-state index is 10.6. The first kappa shape index (κ1) is 26.6. The summed E-state index contributed by atoms with van der Waals surface area (Å²) in [5.41, 5.74) is 3.79. The molecular formula is C31H41ClN6O. The van der Waals surface area contributed by atoms with E-state index < -0.39 is 0 Å². The minimum Gasteiger partial charge on any atom is -0.508 e. The fourth-order valence-electron chi connectivity index (χ4n) is 6.76. The van der Waals surface area contributed by atoms with Gasteiger partial charge in [-0.15, -0.1) is 0 Å². The second-order valence-corrected chi connectivity index (χ2v) is 12.0. The Labute approximate surface area is 237 Å². The van der Waals surface area contributed by atoms with E-state index in [4.69, 9.17) is 16.6 Å². The highest BCUT2D eigenvalue weighted by Crippen LogP contribution is 2.42. The molecule has 1 saturated carbocycles. The zero-order valence-corrected chi connectivity index (χ0v) is 23.6. The lowest BCUT2D eigenvalue weighted by atomic mass is 9.92. The molecule has 0 spiro atoms. The number of hydrogen-bond donors (Lipinski definition) is 3. The van der Waals surface area contributed by atoms with Crippen LogP contribution in [0.25, 0.3) is 10.9 Å². The van der Waals surface area contributed by atoms with Crippen molar-refractivity contribution < 1.29 is 5.11 Å². The van der Waals surface area contributed by atoms with E-state index in [1.54, 1.807) is 6.07 Å². The van der Waals surface area contributed by atoms with Gasteiger partial charge in [0.2, 0.25) is 5.95 Å². The summed E-state index contributed by atoms with van der Waals surface area (Å²) >= 11 is 6.80. The number of halogens is 1. The molecule has 3 heterocycles. The number of phenolic OH excluding ortho intramolecular Hbond substituents is 1. The fourth-order valence-corrected chi connectivity index (χ4v) is 7.06. The first-order valence-electron chi connectivity index (χ1n) is 14.9. The third-order valence-electron chi connectivity index (χ3n) is 8.99. The van der Waals surface area contributed by atoms with Crippen LogP contribution in [0.2, 0.25) is 5.02 Å². The Balaban J connectivity index is 1.07. The van der Waals surface area contributed by atoms with Crippen LogP contribution in [0.3, 0.4) is 0 Å². The average Bonchev–Trinajstić information content (AvgIpc) is 3.49. The molecule has 0 radical (unpaired) electrons. The minimum absolute atomic E-state index is 0.342. The van der Waals surface area contributed by atoms with Crippen LogP contribution in [0.5, 0.6) is 5.75 Å². The van der Waals surface area contributed by atoms with Gasteiger partial charge in [0.15, 0.2) is 0 Å². The molecule has 1 aliphatic carbocycles. The van der Waals surface area contributed by atoms with Gasteiger partial charge in [-0.25, -0.2) is 9.97 Å². The van der Waals surface area contributed by atoms with Crippen molar-refractivity contribution in [3.05, 3.63) is 47.1 Å². The van der Waals surface area contributed by atoms with Crippen molar-refractivity contribution in [1.82, 2.24) is 20.2 Å². The Kier molecular flexibility index (Phi) is 8.37. The molecule has 3 aromatic rings. The van der Waals surface area contributed by atoms with E-state index in [1.165, 1.54) is 58.2 Å². The van der Waals surface area contributed by atoms with Crippen molar-refractivity contribution in [3.63, 3.8) is 0 Å². The lowest BCUT2D eigenvalue weighted by Gasteiger charge is -2.35. The molecule has 0 amide bonds. The number of piperidine rings is 1. The molecule has 7 nitrogen and oxygen atoms in total. The lowest BCUT2D eigenvalue weighted by Crippen LogP contribution is -2.43. The Morgan fingerprint density at radius 3 is 2.56 bits per heavy atom. The van der Waals surface area contributed by atoms with Gasteiger partial charge in [-0.3, -0.25) is 0 Å². The van der Waals surface area contributed by atoms with Gasteiger partial charge in [0.1, 0.15) is 5.75 Å². The van der Waals surface area contributed by atoms with Gasteiger partial charge in [0.05, 0.1) is 16.2 Å². The molecule has 6 rings (SSSR count). The monoisotopic (exact) mass is 548 g/mol. The molecule has 0 atom stereocenters. The van der Waals surface area contributed by atoms with E-state index in [2.05, 4.69) is 37.6 Å². The summed E-state index contributed by atoms with van der Waals surface area (Å²) in [5, 5.41) is 19.1. The third kappa shape index (κ3) is 6.26. The van der Waals surface area contributed by atoms with Crippen LogP contribution in [-0.2, 0) is 0 Å². The Morgan fingerprint density at radius 1 is 1.00 bits per heavy atom. The number of benzene rings is 2. The molecule has 2 saturated heterocycles. The summed E-state index contributed by atoms with van der Waals surface area (Å²) < 4.78 is 0. The Morgan fingerprint density at radius 2 is 1.79 bits per heavy atom. The van der Waals surface area contributed by atoms with Crippen molar-refractivity contribution in [2.75, 3.05) is 56.0 Å². The zero-order chi connectivity index (χ0) is 26.6. The number of piperazine rings is 1. The first-order chi connectivity index (χ1) is 19.1. The maximum absolute atomic E-state index is 10.6. The van der Waals surface area contributed by atoms with Crippen LogP contribution >= 0.6 is 11.6 Å². The highest BCUT2D eigenvalue weighted by Gasteiger charge is 2.24. The van der Waals surface area contributed by atoms with Crippen LogP contribution in [0.4, 0.5) is 17.3 Å². The second-order valence-electron chi connectivity index (χ2n) is 11.6. The lowest BCUT2D eigenvalue weighted by molar-refractivity contribution is 0.227. The van der Waals surface area contributed by atoms with E-state index in [0.29, 0.717) is 17.6 Å². The predicted molar refractivity (Wildman–Crippen MR) is 161 cm³/mol. The van der Waals surface area contributed by atoms with E-state index in [1.807, 2.05) is 18.3 Å². The molecule has 0 unspecified atom stereocenters. The molecule has 3 fully saturated rings. The molecule has 2 aromatic carbocycles. The van der Waals surface area contributed by atoms with E-state index in [-0.39, 0.29) is 0 Å². The smallest absolute Gasteiger partial charge is 0.227 e. The van der Waals surface area contributed by atoms with Crippen molar-refractivity contribution >= 4 is 39.8 Å². The number of anilines is 3.